The first-order valence-corrected chi connectivity index (χ1v) is 7.13. The average Bonchev–Trinajstić information content (AvgIpc) is 2.86. The van der Waals surface area contributed by atoms with Gasteiger partial charge in [0.1, 0.15) is 11.9 Å². The Hall–Kier alpha value is -0.730. The summed E-state index contributed by atoms with van der Waals surface area (Å²) in [5.74, 6) is 1.58. The summed E-state index contributed by atoms with van der Waals surface area (Å²) >= 11 is 6.18. The Morgan fingerprint density at radius 1 is 1.39 bits per heavy atom. The van der Waals surface area contributed by atoms with Crippen LogP contribution in [0.1, 0.15) is 30.9 Å². The fourth-order valence-electron chi connectivity index (χ4n) is 2.66. The van der Waals surface area contributed by atoms with E-state index in [0.29, 0.717) is 12.0 Å². The third-order valence-corrected chi connectivity index (χ3v) is 4.32. The summed E-state index contributed by atoms with van der Waals surface area (Å²) in [4.78, 5) is 0. The second-order valence-electron chi connectivity index (χ2n) is 5.19. The average molecular weight is 268 g/mol. The van der Waals surface area contributed by atoms with E-state index in [1.165, 1.54) is 6.42 Å². The van der Waals surface area contributed by atoms with Gasteiger partial charge in [-0.05, 0) is 56.5 Å². The van der Waals surface area contributed by atoms with Crippen LogP contribution in [-0.4, -0.2) is 19.2 Å². The predicted octanol–water partition coefficient (Wildman–Crippen LogP) is 3.72. The molecule has 0 saturated carbocycles. The highest BCUT2D eigenvalue weighted by Crippen LogP contribution is 2.28. The van der Waals surface area contributed by atoms with E-state index in [-0.39, 0.29) is 0 Å². The molecule has 0 amide bonds. The van der Waals surface area contributed by atoms with Gasteiger partial charge in [0.25, 0.3) is 0 Å². The van der Waals surface area contributed by atoms with Crippen molar-refractivity contribution in [2.45, 2.75) is 39.7 Å². The zero-order valence-corrected chi connectivity index (χ0v) is 12.2. The third-order valence-electron chi connectivity index (χ3n) is 3.72. The summed E-state index contributed by atoms with van der Waals surface area (Å²) in [5, 5.41) is 4.25. The van der Waals surface area contributed by atoms with Crippen molar-refractivity contribution < 1.29 is 4.74 Å². The van der Waals surface area contributed by atoms with E-state index in [9.17, 15) is 0 Å². The number of benzene rings is 1. The predicted molar refractivity (Wildman–Crippen MR) is 76.6 cm³/mol. The molecule has 2 nitrogen and oxygen atoms in total. The lowest BCUT2D eigenvalue weighted by Crippen LogP contribution is -2.28. The van der Waals surface area contributed by atoms with Crippen LogP contribution < -0.4 is 10.1 Å². The normalized spacial score (nSPS) is 21.0. The Labute approximate surface area is 115 Å². The quantitative estimate of drug-likeness (QED) is 0.898. The van der Waals surface area contributed by atoms with Gasteiger partial charge in [-0.1, -0.05) is 18.5 Å². The van der Waals surface area contributed by atoms with Gasteiger partial charge in [-0.3, -0.25) is 0 Å². The number of hydrogen-bond acceptors (Lipinski definition) is 2. The van der Waals surface area contributed by atoms with E-state index < -0.39 is 0 Å². The third kappa shape index (κ3) is 2.99. The molecule has 1 aliphatic heterocycles. The molecule has 0 spiro atoms. The summed E-state index contributed by atoms with van der Waals surface area (Å²) in [6.07, 6.45) is 2.57. The summed E-state index contributed by atoms with van der Waals surface area (Å²) in [7, 11) is 0. The molecule has 2 rings (SSSR count). The van der Waals surface area contributed by atoms with Gasteiger partial charge in [0.05, 0.1) is 0 Å². The van der Waals surface area contributed by atoms with Gasteiger partial charge >= 0.3 is 0 Å². The molecule has 0 aliphatic carbocycles. The van der Waals surface area contributed by atoms with E-state index in [1.54, 1.807) is 0 Å². The van der Waals surface area contributed by atoms with E-state index in [4.69, 9.17) is 16.3 Å². The Morgan fingerprint density at radius 3 is 2.56 bits per heavy atom. The SMILES string of the molecule is CC[C@H](Oc1cc(C)c(Cl)c(C)c1)C1CCNC1. The number of halogens is 1. The smallest absolute Gasteiger partial charge is 0.120 e. The molecule has 1 N–H and O–H groups in total. The van der Waals surface area contributed by atoms with Crippen molar-refractivity contribution in [1.82, 2.24) is 5.32 Å². The molecular formula is C15H22ClNO. The minimum Gasteiger partial charge on any atom is -0.490 e. The van der Waals surface area contributed by atoms with Gasteiger partial charge in [-0.2, -0.15) is 0 Å². The zero-order chi connectivity index (χ0) is 13.1. The molecule has 1 saturated heterocycles. The van der Waals surface area contributed by atoms with Crippen molar-refractivity contribution in [1.29, 1.82) is 0 Å². The summed E-state index contributed by atoms with van der Waals surface area (Å²) in [6, 6.07) is 4.08. The van der Waals surface area contributed by atoms with Crippen LogP contribution in [-0.2, 0) is 0 Å². The van der Waals surface area contributed by atoms with Crippen molar-refractivity contribution in [3.63, 3.8) is 0 Å². The Balaban J connectivity index is 2.11. The standard InChI is InChI=1S/C15H22ClNO/c1-4-14(12-5-6-17-9-12)18-13-7-10(2)15(16)11(3)8-13/h7-8,12,14,17H,4-6,9H2,1-3H3/t12?,14-/m0/s1. The Bertz CT molecular complexity index is 390. The highest BCUT2D eigenvalue weighted by atomic mass is 35.5. The monoisotopic (exact) mass is 267 g/mol. The fraction of sp³-hybridized carbons (Fsp3) is 0.600. The number of hydrogen-bond donors (Lipinski definition) is 1. The van der Waals surface area contributed by atoms with Gasteiger partial charge in [0, 0.05) is 17.5 Å². The molecule has 3 heteroatoms. The minimum atomic E-state index is 0.306. The van der Waals surface area contributed by atoms with Crippen LogP contribution in [0.2, 0.25) is 5.02 Å². The number of nitrogens with one attached hydrogen (secondary N) is 1. The lowest BCUT2D eigenvalue weighted by atomic mass is 9.99. The minimum absolute atomic E-state index is 0.306. The first-order chi connectivity index (χ1) is 8.61. The van der Waals surface area contributed by atoms with Crippen LogP contribution in [0.5, 0.6) is 5.75 Å². The number of rotatable bonds is 4. The van der Waals surface area contributed by atoms with Gasteiger partial charge in [0.15, 0.2) is 0 Å². The lowest BCUT2D eigenvalue weighted by Gasteiger charge is -2.23. The molecule has 1 fully saturated rings. The first-order valence-electron chi connectivity index (χ1n) is 6.76. The number of ether oxygens (including phenoxy) is 1. The largest absolute Gasteiger partial charge is 0.490 e. The fourth-order valence-corrected chi connectivity index (χ4v) is 2.77. The maximum atomic E-state index is 6.18. The summed E-state index contributed by atoms with van der Waals surface area (Å²) in [5.41, 5.74) is 2.18. The van der Waals surface area contributed by atoms with Gasteiger partial charge in [-0.15, -0.1) is 0 Å². The van der Waals surface area contributed by atoms with E-state index in [2.05, 4.69) is 12.2 Å². The molecule has 0 radical (unpaired) electrons. The van der Waals surface area contributed by atoms with E-state index >= 15 is 0 Å². The molecule has 2 atom stereocenters. The molecule has 18 heavy (non-hydrogen) atoms. The van der Waals surface area contributed by atoms with Crippen LogP contribution in [0.3, 0.4) is 0 Å². The first kappa shape index (κ1) is 13.7. The summed E-state index contributed by atoms with van der Waals surface area (Å²) < 4.78 is 6.17. The van der Waals surface area contributed by atoms with Crippen LogP contribution >= 0.6 is 11.6 Å². The summed E-state index contributed by atoms with van der Waals surface area (Å²) in [6.45, 7) is 8.44. The van der Waals surface area contributed by atoms with Crippen LogP contribution in [0.15, 0.2) is 12.1 Å². The van der Waals surface area contributed by atoms with Crippen molar-refractivity contribution in [2.24, 2.45) is 5.92 Å². The molecule has 1 aromatic rings. The Morgan fingerprint density at radius 2 is 2.06 bits per heavy atom. The second kappa shape index (κ2) is 5.94. The number of aryl methyl sites for hydroxylation is 2. The lowest BCUT2D eigenvalue weighted by molar-refractivity contribution is 0.138. The van der Waals surface area contributed by atoms with E-state index in [1.807, 2.05) is 26.0 Å². The second-order valence-corrected chi connectivity index (χ2v) is 5.57. The maximum Gasteiger partial charge on any atom is 0.120 e. The molecule has 0 aromatic heterocycles. The van der Waals surface area contributed by atoms with Crippen molar-refractivity contribution in [2.75, 3.05) is 13.1 Å². The molecule has 1 heterocycles. The molecule has 1 aliphatic rings. The van der Waals surface area contributed by atoms with Crippen LogP contribution in [0.4, 0.5) is 0 Å². The van der Waals surface area contributed by atoms with E-state index in [0.717, 1.165) is 41.4 Å². The molecular weight excluding hydrogens is 246 g/mol. The molecule has 0 bridgehead atoms. The van der Waals surface area contributed by atoms with Gasteiger partial charge in [-0.25, -0.2) is 0 Å². The highest BCUT2D eigenvalue weighted by Gasteiger charge is 2.25. The molecule has 1 aromatic carbocycles. The maximum absolute atomic E-state index is 6.18. The Kier molecular flexibility index (Phi) is 4.52. The van der Waals surface area contributed by atoms with Crippen molar-refractivity contribution in [3.05, 3.63) is 28.3 Å². The van der Waals surface area contributed by atoms with Crippen molar-refractivity contribution in [3.8, 4) is 5.75 Å². The topological polar surface area (TPSA) is 21.3 Å². The molecule has 100 valence electrons. The zero-order valence-electron chi connectivity index (χ0n) is 11.4. The van der Waals surface area contributed by atoms with Gasteiger partial charge in [0.2, 0.25) is 0 Å². The van der Waals surface area contributed by atoms with Crippen LogP contribution in [0.25, 0.3) is 0 Å². The molecule has 1 unspecified atom stereocenters. The van der Waals surface area contributed by atoms with Gasteiger partial charge < -0.3 is 10.1 Å². The van der Waals surface area contributed by atoms with Crippen molar-refractivity contribution >= 4 is 11.6 Å². The highest BCUT2D eigenvalue weighted by molar-refractivity contribution is 6.32. The van der Waals surface area contributed by atoms with Crippen LogP contribution in [0, 0.1) is 19.8 Å².